The van der Waals surface area contributed by atoms with Gasteiger partial charge in [0, 0.05) is 19.1 Å². The molecule has 0 aromatic heterocycles. The Hall–Kier alpha value is -0.120. The van der Waals surface area contributed by atoms with Gasteiger partial charge in [0.25, 0.3) is 0 Å². The van der Waals surface area contributed by atoms with E-state index in [1.165, 1.54) is 57.8 Å². The normalized spacial score (nSPS) is 47.1. The fraction of sp³-hybridized carbons (Fsp3) is 1.00. The Balaban J connectivity index is 1.53. The van der Waals surface area contributed by atoms with Gasteiger partial charge in [-0.3, -0.25) is 0 Å². The van der Waals surface area contributed by atoms with Gasteiger partial charge in [0.15, 0.2) is 0 Å². The van der Waals surface area contributed by atoms with Gasteiger partial charge in [0.05, 0.1) is 6.10 Å². The van der Waals surface area contributed by atoms with E-state index in [1.54, 1.807) is 0 Å². The van der Waals surface area contributed by atoms with Gasteiger partial charge in [-0.1, -0.05) is 53.9 Å². The summed E-state index contributed by atoms with van der Waals surface area (Å²) in [5.41, 5.74) is 6.86. The van der Waals surface area contributed by atoms with Crippen LogP contribution in [-0.4, -0.2) is 30.3 Å². The van der Waals surface area contributed by atoms with Crippen molar-refractivity contribution in [2.75, 3.05) is 13.1 Å². The van der Waals surface area contributed by atoms with Crippen LogP contribution in [0.2, 0.25) is 0 Å². The van der Waals surface area contributed by atoms with Crippen LogP contribution >= 0.6 is 0 Å². The lowest BCUT2D eigenvalue weighted by molar-refractivity contribution is -0.141. The van der Waals surface area contributed by atoms with Gasteiger partial charge < -0.3 is 16.2 Å². The van der Waals surface area contributed by atoms with Crippen molar-refractivity contribution in [2.45, 2.75) is 117 Å². The van der Waals surface area contributed by atoms with Crippen LogP contribution in [0.3, 0.4) is 0 Å². The van der Waals surface area contributed by atoms with Crippen molar-refractivity contribution in [3.63, 3.8) is 0 Å². The molecule has 4 saturated carbocycles. The zero-order chi connectivity index (χ0) is 23.1. The fourth-order valence-electron chi connectivity index (χ4n) is 9.84. The molecule has 0 radical (unpaired) electrons. The van der Waals surface area contributed by atoms with Gasteiger partial charge in [-0.15, -0.1) is 0 Å². The molecule has 4 aliphatic carbocycles. The second-order valence-electron chi connectivity index (χ2n) is 13.5. The summed E-state index contributed by atoms with van der Waals surface area (Å²) in [7, 11) is 0. The van der Waals surface area contributed by atoms with Crippen LogP contribution in [0.5, 0.6) is 0 Å². The van der Waals surface area contributed by atoms with Crippen LogP contribution in [0.1, 0.15) is 105 Å². The predicted molar refractivity (Wildman–Crippen MR) is 135 cm³/mol. The van der Waals surface area contributed by atoms with E-state index in [1.807, 2.05) is 0 Å². The maximum atomic E-state index is 10.5. The van der Waals surface area contributed by atoms with Gasteiger partial charge >= 0.3 is 0 Å². The molecule has 0 heterocycles. The topological polar surface area (TPSA) is 58.3 Å². The highest BCUT2D eigenvalue weighted by atomic mass is 16.3. The molecule has 0 saturated heterocycles. The van der Waals surface area contributed by atoms with Crippen LogP contribution in [0.4, 0.5) is 0 Å². The van der Waals surface area contributed by atoms with Gasteiger partial charge in [0.1, 0.15) is 0 Å². The van der Waals surface area contributed by atoms with E-state index < -0.39 is 0 Å². The minimum Gasteiger partial charge on any atom is -0.393 e. The second kappa shape index (κ2) is 9.86. The van der Waals surface area contributed by atoms with Crippen LogP contribution in [0.25, 0.3) is 0 Å². The Morgan fingerprint density at radius 2 is 1.62 bits per heavy atom. The average Bonchev–Trinajstić information content (AvgIpc) is 3.10. The highest BCUT2D eigenvalue weighted by molar-refractivity contribution is 5.12. The van der Waals surface area contributed by atoms with Gasteiger partial charge in [-0.05, 0) is 104 Å². The summed E-state index contributed by atoms with van der Waals surface area (Å²) in [4.78, 5) is 0. The molecule has 186 valence electrons. The first kappa shape index (κ1) is 25.0. The van der Waals surface area contributed by atoms with Crippen molar-refractivity contribution < 1.29 is 5.11 Å². The van der Waals surface area contributed by atoms with Crippen LogP contribution in [-0.2, 0) is 0 Å². The largest absolute Gasteiger partial charge is 0.393 e. The van der Waals surface area contributed by atoms with E-state index in [9.17, 15) is 5.11 Å². The van der Waals surface area contributed by atoms with Crippen LogP contribution < -0.4 is 11.1 Å². The van der Waals surface area contributed by atoms with Gasteiger partial charge in [-0.2, -0.15) is 0 Å². The average molecular weight is 447 g/mol. The Labute approximate surface area is 199 Å². The molecule has 0 aromatic rings. The molecular weight excluding hydrogens is 392 g/mol. The summed E-state index contributed by atoms with van der Waals surface area (Å²) in [5, 5.41) is 14.4. The molecule has 10 atom stereocenters. The van der Waals surface area contributed by atoms with Crippen molar-refractivity contribution in [2.24, 2.45) is 58.0 Å². The Morgan fingerprint density at radius 3 is 2.34 bits per heavy atom. The smallest absolute Gasteiger partial charge is 0.0543 e. The number of aliphatic hydroxyl groups is 1. The molecule has 0 spiro atoms. The zero-order valence-corrected chi connectivity index (χ0v) is 21.9. The molecular formula is C29H54N2O. The highest BCUT2D eigenvalue weighted by Gasteiger charge is 2.62. The summed E-state index contributed by atoms with van der Waals surface area (Å²) in [6.07, 6.45) is 14.5. The molecule has 0 aliphatic heterocycles. The van der Waals surface area contributed by atoms with E-state index in [4.69, 9.17) is 5.73 Å². The molecule has 4 rings (SSSR count). The molecule has 4 fully saturated rings. The summed E-state index contributed by atoms with van der Waals surface area (Å²) in [6, 6.07) is 0.546. The Kier molecular flexibility index (Phi) is 7.70. The third-order valence-corrected chi connectivity index (χ3v) is 11.4. The first-order valence-electron chi connectivity index (χ1n) is 14.3. The van der Waals surface area contributed by atoms with Gasteiger partial charge in [-0.25, -0.2) is 0 Å². The lowest BCUT2D eigenvalue weighted by Crippen LogP contribution is -2.61. The standard InChI is InChI=1S/C29H54N2O/c1-19(2)7-6-8-20(3)23-9-10-24-22-18-27(31-16-15-30)26-17-21(32)11-13-29(26,5)25(22)12-14-28(23,24)4/h19-27,31-32H,6-18,30H2,1-5H3. The molecule has 4 N–H and O–H groups in total. The third kappa shape index (κ3) is 4.44. The minimum atomic E-state index is -0.0943. The fourth-order valence-corrected chi connectivity index (χ4v) is 9.84. The summed E-state index contributed by atoms with van der Waals surface area (Å²) in [5.74, 6) is 5.91. The van der Waals surface area contributed by atoms with Crippen LogP contribution in [0, 0.1) is 52.3 Å². The molecule has 0 bridgehead atoms. The summed E-state index contributed by atoms with van der Waals surface area (Å²) in [6.45, 7) is 14.3. The molecule has 0 aromatic carbocycles. The molecule has 3 nitrogen and oxygen atoms in total. The summed E-state index contributed by atoms with van der Waals surface area (Å²) < 4.78 is 0. The number of rotatable bonds is 8. The maximum Gasteiger partial charge on any atom is 0.0543 e. The maximum absolute atomic E-state index is 10.5. The van der Waals surface area contributed by atoms with Crippen molar-refractivity contribution >= 4 is 0 Å². The number of hydrogen-bond donors (Lipinski definition) is 3. The Bertz CT molecular complexity index is 622. The van der Waals surface area contributed by atoms with Crippen LogP contribution in [0.15, 0.2) is 0 Å². The second-order valence-corrected chi connectivity index (χ2v) is 13.5. The van der Waals surface area contributed by atoms with E-state index in [2.05, 4.69) is 39.9 Å². The van der Waals surface area contributed by atoms with Crippen molar-refractivity contribution in [1.29, 1.82) is 0 Å². The molecule has 0 amide bonds. The minimum absolute atomic E-state index is 0.0943. The van der Waals surface area contributed by atoms with Crippen molar-refractivity contribution in [3.05, 3.63) is 0 Å². The highest BCUT2D eigenvalue weighted by Crippen LogP contribution is 2.68. The van der Waals surface area contributed by atoms with E-state index in [-0.39, 0.29) is 6.10 Å². The molecule has 3 heteroatoms. The molecule has 4 aliphatic rings. The number of aliphatic hydroxyl groups excluding tert-OH is 1. The SMILES string of the molecule is CC(C)CCCC(C)C1CCC2C3CC(NCCN)C4CC(O)CCC4(C)C3CCC12C. The number of nitrogens with one attached hydrogen (secondary N) is 1. The van der Waals surface area contributed by atoms with Crippen molar-refractivity contribution in [3.8, 4) is 0 Å². The third-order valence-electron chi connectivity index (χ3n) is 11.4. The number of hydrogen-bond acceptors (Lipinski definition) is 3. The quantitative estimate of drug-likeness (QED) is 0.429. The molecule has 32 heavy (non-hydrogen) atoms. The first-order valence-corrected chi connectivity index (χ1v) is 14.3. The van der Waals surface area contributed by atoms with Crippen molar-refractivity contribution in [1.82, 2.24) is 5.32 Å². The zero-order valence-electron chi connectivity index (χ0n) is 21.9. The van der Waals surface area contributed by atoms with E-state index >= 15 is 0 Å². The number of nitrogens with two attached hydrogens (primary N) is 1. The van der Waals surface area contributed by atoms with E-state index in [0.717, 1.165) is 54.9 Å². The predicted octanol–water partition coefficient (Wildman–Crippen LogP) is 6.00. The number of fused-ring (bicyclic) bond motifs is 5. The lowest BCUT2D eigenvalue weighted by Gasteiger charge is -2.63. The monoisotopic (exact) mass is 446 g/mol. The van der Waals surface area contributed by atoms with Gasteiger partial charge in [0.2, 0.25) is 0 Å². The lowest BCUT2D eigenvalue weighted by atomic mass is 9.43. The van der Waals surface area contributed by atoms with E-state index in [0.29, 0.717) is 29.3 Å². The molecule has 10 unspecified atom stereocenters. The first-order chi connectivity index (χ1) is 15.2. The Morgan fingerprint density at radius 1 is 0.906 bits per heavy atom. The summed E-state index contributed by atoms with van der Waals surface area (Å²) >= 11 is 0.